The molecule has 0 saturated heterocycles. The smallest absolute Gasteiger partial charge is 0.0388 e. The first-order chi connectivity index (χ1) is 5.65. The molecule has 1 rings (SSSR count). The van der Waals surface area contributed by atoms with Gasteiger partial charge in [0.1, 0.15) is 0 Å². The summed E-state index contributed by atoms with van der Waals surface area (Å²) in [6.07, 6.45) is 1.52. The van der Waals surface area contributed by atoms with Gasteiger partial charge in [0.2, 0.25) is 0 Å². The minimum atomic E-state index is -2.20. The molecule has 0 saturated carbocycles. The maximum atomic E-state index is 10.5. The van der Waals surface area contributed by atoms with Gasteiger partial charge in [0.15, 0.2) is 0 Å². The topological polar surface area (TPSA) is 66.1 Å². The van der Waals surface area contributed by atoms with Crippen molar-refractivity contribution in [2.75, 3.05) is 5.73 Å². The third-order valence-corrected chi connectivity index (χ3v) is 2.11. The average molecular weight is 182 g/mol. The van der Waals surface area contributed by atoms with Crippen LogP contribution in [0.1, 0.15) is 5.56 Å². The van der Waals surface area contributed by atoms with Gasteiger partial charge >= 0.3 is 0 Å². The molecular weight excluding hydrogens is 174 g/mol. The molecular formula is C8H8NO2S-. The van der Waals surface area contributed by atoms with Crippen molar-refractivity contribution < 1.29 is 8.76 Å². The summed E-state index contributed by atoms with van der Waals surface area (Å²) in [7, 11) is 0. The van der Waals surface area contributed by atoms with E-state index >= 15 is 0 Å². The van der Waals surface area contributed by atoms with Crippen LogP contribution in [-0.2, 0) is 11.1 Å². The highest BCUT2D eigenvalue weighted by atomic mass is 32.2. The zero-order valence-corrected chi connectivity index (χ0v) is 7.14. The highest BCUT2D eigenvalue weighted by Crippen LogP contribution is 2.16. The minimum Gasteiger partial charge on any atom is -0.768 e. The van der Waals surface area contributed by atoms with Crippen molar-refractivity contribution in [1.29, 1.82) is 0 Å². The monoisotopic (exact) mass is 182 g/mol. The molecule has 12 heavy (non-hydrogen) atoms. The molecule has 2 N–H and O–H groups in total. The fourth-order valence-electron chi connectivity index (χ4n) is 0.833. The highest BCUT2D eigenvalue weighted by molar-refractivity contribution is 7.79. The molecule has 4 heteroatoms. The largest absolute Gasteiger partial charge is 0.768 e. The molecule has 1 aromatic rings. The lowest BCUT2D eigenvalue weighted by Crippen LogP contribution is -1.93. The van der Waals surface area contributed by atoms with Crippen LogP contribution in [0.4, 0.5) is 5.69 Å². The molecule has 64 valence electrons. The Labute approximate surface area is 73.2 Å². The van der Waals surface area contributed by atoms with Gasteiger partial charge in [-0.05, 0) is 34.8 Å². The number of rotatable bonds is 2. The number of benzene rings is 1. The summed E-state index contributed by atoms with van der Waals surface area (Å²) in [4.78, 5) is 0.221. The molecule has 0 aromatic heterocycles. The Morgan fingerprint density at radius 2 is 2.25 bits per heavy atom. The van der Waals surface area contributed by atoms with E-state index in [2.05, 4.69) is 6.58 Å². The van der Waals surface area contributed by atoms with Crippen molar-refractivity contribution in [3.63, 3.8) is 0 Å². The van der Waals surface area contributed by atoms with Crippen LogP contribution >= 0.6 is 0 Å². The molecule has 0 bridgehead atoms. The summed E-state index contributed by atoms with van der Waals surface area (Å²) >= 11 is -2.20. The van der Waals surface area contributed by atoms with Crippen LogP contribution in [0.2, 0.25) is 0 Å². The maximum Gasteiger partial charge on any atom is 0.0388 e. The number of nitrogens with two attached hydrogens (primary N) is 1. The van der Waals surface area contributed by atoms with E-state index in [4.69, 9.17) is 5.73 Å². The van der Waals surface area contributed by atoms with Gasteiger partial charge in [-0.1, -0.05) is 12.7 Å². The van der Waals surface area contributed by atoms with Crippen molar-refractivity contribution >= 4 is 22.8 Å². The lowest BCUT2D eigenvalue weighted by molar-refractivity contribution is 0.537. The molecule has 0 aliphatic carbocycles. The van der Waals surface area contributed by atoms with Gasteiger partial charge in [0.25, 0.3) is 0 Å². The molecule has 0 radical (unpaired) electrons. The van der Waals surface area contributed by atoms with Crippen LogP contribution in [0, 0.1) is 0 Å². The van der Waals surface area contributed by atoms with Crippen LogP contribution < -0.4 is 5.73 Å². The Bertz CT molecular complexity index is 336. The SMILES string of the molecule is C=Cc1cc(S(=O)[O-])ccc1N. The molecule has 1 unspecified atom stereocenters. The first-order valence-corrected chi connectivity index (χ1v) is 4.34. The van der Waals surface area contributed by atoms with Gasteiger partial charge < -0.3 is 10.3 Å². The average Bonchev–Trinajstić information content (AvgIpc) is 2.05. The van der Waals surface area contributed by atoms with Gasteiger partial charge in [-0.3, -0.25) is 4.21 Å². The molecule has 0 heterocycles. The summed E-state index contributed by atoms with van der Waals surface area (Å²) in [6.45, 7) is 3.51. The molecule has 0 spiro atoms. The van der Waals surface area contributed by atoms with E-state index in [1.807, 2.05) is 0 Å². The minimum absolute atomic E-state index is 0.221. The molecule has 0 fully saturated rings. The van der Waals surface area contributed by atoms with Crippen LogP contribution in [0.25, 0.3) is 6.08 Å². The molecule has 0 amide bonds. The molecule has 0 aliphatic rings. The van der Waals surface area contributed by atoms with Crippen molar-refractivity contribution in [2.45, 2.75) is 4.90 Å². The predicted molar refractivity (Wildman–Crippen MR) is 48.1 cm³/mol. The van der Waals surface area contributed by atoms with Crippen molar-refractivity contribution in [3.8, 4) is 0 Å². The van der Waals surface area contributed by atoms with E-state index in [9.17, 15) is 8.76 Å². The second kappa shape index (κ2) is 3.51. The van der Waals surface area contributed by atoms with E-state index in [-0.39, 0.29) is 4.90 Å². The number of hydrogen-bond acceptors (Lipinski definition) is 3. The Morgan fingerprint density at radius 3 is 2.75 bits per heavy atom. The van der Waals surface area contributed by atoms with E-state index < -0.39 is 11.1 Å². The van der Waals surface area contributed by atoms with Gasteiger partial charge in [-0.25, -0.2) is 0 Å². The summed E-state index contributed by atoms with van der Waals surface area (Å²) in [5.74, 6) is 0. The number of nitrogen functional groups attached to an aromatic ring is 1. The normalized spacial score (nSPS) is 12.4. The molecule has 1 aromatic carbocycles. The van der Waals surface area contributed by atoms with Crippen molar-refractivity contribution in [2.24, 2.45) is 0 Å². The number of anilines is 1. The van der Waals surface area contributed by atoms with Crippen LogP contribution in [-0.4, -0.2) is 8.76 Å². The quantitative estimate of drug-likeness (QED) is 0.551. The third-order valence-electron chi connectivity index (χ3n) is 1.47. The second-order valence-corrected chi connectivity index (χ2v) is 3.17. The fraction of sp³-hybridized carbons (Fsp3) is 0. The maximum absolute atomic E-state index is 10.5. The van der Waals surface area contributed by atoms with Gasteiger partial charge in [0.05, 0.1) is 0 Å². The first kappa shape index (κ1) is 8.96. The third kappa shape index (κ3) is 1.72. The van der Waals surface area contributed by atoms with E-state index in [1.165, 1.54) is 18.2 Å². The first-order valence-electron chi connectivity index (χ1n) is 3.26. The number of hydrogen-bond donors (Lipinski definition) is 1. The summed E-state index contributed by atoms with van der Waals surface area (Å²) in [5.41, 5.74) is 6.69. The van der Waals surface area contributed by atoms with Crippen LogP contribution in [0.15, 0.2) is 29.7 Å². The van der Waals surface area contributed by atoms with Crippen molar-refractivity contribution in [1.82, 2.24) is 0 Å². The summed E-state index contributed by atoms with van der Waals surface area (Å²) in [5, 5.41) is 0. The molecule has 0 aliphatic heterocycles. The van der Waals surface area contributed by atoms with E-state index in [0.717, 1.165) is 0 Å². The second-order valence-electron chi connectivity index (χ2n) is 2.23. The summed E-state index contributed by atoms with van der Waals surface area (Å²) in [6, 6.07) is 4.47. The van der Waals surface area contributed by atoms with Gasteiger partial charge in [0, 0.05) is 10.6 Å². The predicted octanol–water partition coefficient (Wildman–Crippen LogP) is 1.15. The van der Waals surface area contributed by atoms with Gasteiger partial charge in [-0.2, -0.15) is 0 Å². The zero-order valence-electron chi connectivity index (χ0n) is 6.32. The Balaban J connectivity index is 3.22. The van der Waals surface area contributed by atoms with E-state index in [0.29, 0.717) is 11.3 Å². The van der Waals surface area contributed by atoms with Crippen molar-refractivity contribution in [3.05, 3.63) is 30.3 Å². The Kier molecular flexibility index (Phi) is 2.62. The van der Waals surface area contributed by atoms with Crippen LogP contribution in [0.3, 0.4) is 0 Å². The lowest BCUT2D eigenvalue weighted by atomic mass is 10.2. The summed E-state index contributed by atoms with van der Waals surface area (Å²) < 4.78 is 21.0. The Morgan fingerprint density at radius 1 is 1.58 bits per heavy atom. The zero-order chi connectivity index (χ0) is 9.14. The molecule has 1 atom stereocenters. The van der Waals surface area contributed by atoms with Crippen LogP contribution in [0.5, 0.6) is 0 Å². The van der Waals surface area contributed by atoms with Gasteiger partial charge in [-0.15, -0.1) is 0 Å². The molecule has 3 nitrogen and oxygen atoms in total. The Hall–Kier alpha value is -1.13. The standard InChI is InChI=1S/C8H9NO2S/c1-2-6-5-7(12(10)11)3-4-8(6)9/h2-5H,1,9H2,(H,10,11)/p-1. The fourth-order valence-corrected chi connectivity index (χ4v) is 1.24. The van der Waals surface area contributed by atoms with E-state index in [1.54, 1.807) is 6.07 Å². The lowest BCUT2D eigenvalue weighted by Gasteiger charge is -2.07. The highest BCUT2D eigenvalue weighted by Gasteiger charge is 1.97.